The van der Waals surface area contributed by atoms with Gasteiger partial charge in [-0.3, -0.25) is 20.0 Å². The van der Waals surface area contributed by atoms with Crippen LogP contribution in [0.25, 0.3) is 17.5 Å². The zero-order valence-corrected chi connectivity index (χ0v) is 20.8. The average Bonchev–Trinajstić information content (AvgIpc) is 3.54. The quantitative estimate of drug-likeness (QED) is 0.382. The first-order valence-electron chi connectivity index (χ1n) is 11.9. The number of pyridine rings is 1. The summed E-state index contributed by atoms with van der Waals surface area (Å²) >= 11 is 0.834. The highest BCUT2D eigenvalue weighted by molar-refractivity contribution is 8.18. The molecule has 2 fully saturated rings. The summed E-state index contributed by atoms with van der Waals surface area (Å²) in [6.07, 6.45) is 1.87. The zero-order chi connectivity index (χ0) is 26.7. The van der Waals surface area contributed by atoms with Gasteiger partial charge in [-0.2, -0.15) is 18.3 Å². The summed E-state index contributed by atoms with van der Waals surface area (Å²) in [6, 6.07) is 5.33. The number of imide groups is 1. The van der Waals surface area contributed by atoms with E-state index < -0.39 is 22.9 Å². The number of carbonyl (C=O) groups excluding carboxylic acids is 2. The molecule has 0 radical (unpaired) electrons. The summed E-state index contributed by atoms with van der Waals surface area (Å²) in [5.41, 5.74) is 0.704. The largest absolute Gasteiger partial charge is 0.416 e. The molecular weight excluding hydrogens is 521 g/mol. The number of amides is 2. The zero-order valence-electron chi connectivity index (χ0n) is 20.0. The number of halogens is 3. The molecule has 2 saturated heterocycles. The lowest BCUT2D eigenvalue weighted by atomic mass is 9.97. The molecule has 0 aliphatic carbocycles. The topological polar surface area (TPSA) is 129 Å². The summed E-state index contributed by atoms with van der Waals surface area (Å²) in [5.74, 6) is 0.436. The standard InChI is InChI=1S/C24H23F3N8O2S/c25-24(26,27)15-9-17(31-19(10-15)18-2-6-30-34-18)13-28-12-14-3-7-35(8-4-14)22-29-5-1-16(32-22)11-20-21(36)33-23(37)38-20/h1-2,5-6,9-11,14,28H,3-4,7-8,12-13H2,(H,30,34)(H,33,36,37)/b20-11-. The van der Waals surface area contributed by atoms with E-state index in [0.717, 1.165) is 36.7 Å². The van der Waals surface area contributed by atoms with Gasteiger partial charge in [0.1, 0.15) is 0 Å². The van der Waals surface area contributed by atoms with E-state index in [0.29, 0.717) is 48.6 Å². The molecule has 5 rings (SSSR count). The number of aromatic amines is 1. The molecule has 0 bridgehead atoms. The Morgan fingerprint density at radius 2 is 1.95 bits per heavy atom. The van der Waals surface area contributed by atoms with Crippen LogP contribution in [0.3, 0.4) is 0 Å². The van der Waals surface area contributed by atoms with E-state index in [1.54, 1.807) is 24.4 Å². The lowest BCUT2D eigenvalue weighted by molar-refractivity contribution is -0.137. The Kier molecular flexibility index (Phi) is 7.42. The Morgan fingerprint density at radius 1 is 1.13 bits per heavy atom. The minimum atomic E-state index is -4.48. The minimum Gasteiger partial charge on any atom is -0.341 e. The van der Waals surface area contributed by atoms with Crippen LogP contribution in [-0.2, 0) is 17.5 Å². The van der Waals surface area contributed by atoms with Gasteiger partial charge in [0, 0.05) is 32.0 Å². The second kappa shape index (κ2) is 10.9. The monoisotopic (exact) mass is 544 g/mol. The first kappa shape index (κ1) is 25.9. The predicted molar refractivity (Wildman–Crippen MR) is 135 cm³/mol. The van der Waals surface area contributed by atoms with Crippen LogP contribution in [0, 0.1) is 5.92 Å². The molecule has 0 saturated carbocycles. The number of carbonyl (C=O) groups is 2. The van der Waals surface area contributed by atoms with Crippen LogP contribution < -0.4 is 15.5 Å². The lowest BCUT2D eigenvalue weighted by Gasteiger charge is -2.32. The van der Waals surface area contributed by atoms with Crippen molar-refractivity contribution in [1.82, 2.24) is 35.8 Å². The van der Waals surface area contributed by atoms with E-state index in [1.165, 1.54) is 6.20 Å². The predicted octanol–water partition coefficient (Wildman–Crippen LogP) is 3.61. The van der Waals surface area contributed by atoms with Crippen molar-refractivity contribution in [3.8, 4) is 11.4 Å². The maximum atomic E-state index is 13.4. The highest BCUT2D eigenvalue weighted by Crippen LogP contribution is 2.32. The molecule has 38 heavy (non-hydrogen) atoms. The molecule has 3 aromatic heterocycles. The van der Waals surface area contributed by atoms with Gasteiger partial charge in [-0.15, -0.1) is 0 Å². The molecule has 0 atom stereocenters. The molecule has 14 heteroatoms. The first-order valence-corrected chi connectivity index (χ1v) is 12.7. The summed E-state index contributed by atoms with van der Waals surface area (Å²) < 4.78 is 40.2. The van der Waals surface area contributed by atoms with Gasteiger partial charge in [-0.1, -0.05) is 0 Å². The molecule has 2 aliphatic rings. The third-order valence-corrected chi connectivity index (χ3v) is 7.01. The molecule has 0 spiro atoms. The number of aromatic nitrogens is 5. The van der Waals surface area contributed by atoms with Gasteiger partial charge in [-0.25, -0.2) is 15.0 Å². The van der Waals surface area contributed by atoms with Gasteiger partial charge in [0.15, 0.2) is 0 Å². The SMILES string of the molecule is O=C1NC(=O)/C(=C/c2ccnc(N3CCC(CNCc4cc(C(F)(F)F)cc(-c5ccn[nH]5)n4)CC3)n2)S1. The Balaban J connectivity index is 1.16. The summed E-state index contributed by atoms with van der Waals surface area (Å²) in [7, 11) is 0. The summed E-state index contributed by atoms with van der Waals surface area (Å²) in [4.78, 5) is 38.7. The molecule has 2 aliphatic heterocycles. The second-order valence-electron chi connectivity index (χ2n) is 8.90. The molecule has 3 aromatic rings. The molecule has 10 nitrogen and oxygen atoms in total. The fourth-order valence-corrected chi connectivity index (χ4v) is 4.94. The fraction of sp³-hybridized carbons (Fsp3) is 0.333. The number of anilines is 1. The number of nitrogens with zero attached hydrogens (tertiary/aromatic N) is 5. The maximum Gasteiger partial charge on any atom is 0.416 e. The smallest absolute Gasteiger partial charge is 0.341 e. The number of nitrogens with one attached hydrogen (secondary N) is 3. The summed E-state index contributed by atoms with van der Waals surface area (Å²) in [6.45, 7) is 2.27. The van der Waals surface area contributed by atoms with Crippen molar-refractivity contribution < 1.29 is 22.8 Å². The number of hydrogen-bond donors (Lipinski definition) is 3. The van der Waals surface area contributed by atoms with Crippen LogP contribution in [0.15, 0.2) is 41.6 Å². The van der Waals surface area contributed by atoms with Crippen molar-refractivity contribution in [2.75, 3.05) is 24.5 Å². The Hall–Kier alpha value is -3.78. The van der Waals surface area contributed by atoms with Crippen molar-refractivity contribution in [3.63, 3.8) is 0 Å². The summed E-state index contributed by atoms with van der Waals surface area (Å²) in [5, 5.41) is 11.5. The van der Waals surface area contributed by atoms with Crippen LogP contribution in [0.4, 0.5) is 23.9 Å². The van der Waals surface area contributed by atoms with E-state index >= 15 is 0 Å². The van der Waals surface area contributed by atoms with Crippen LogP contribution >= 0.6 is 11.8 Å². The van der Waals surface area contributed by atoms with Gasteiger partial charge >= 0.3 is 6.18 Å². The molecule has 3 N–H and O–H groups in total. The lowest BCUT2D eigenvalue weighted by Crippen LogP contribution is -2.38. The van der Waals surface area contributed by atoms with Crippen molar-refractivity contribution >= 4 is 34.9 Å². The molecular formula is C24H23F3N8O2S. The number of hydrogen-bond acceptors (Lipinski definition) is 9. The van der Waals surface area contributed by atoms with Crippen LogP contribution in [0.2, 0.25) is 0 Å². The van der Waals surface area contributed by atoms with E-state index in [2.05, 4.69) is 40.7 Å². The average molecular weight is 545 g/mol. The van der Waals surface area contributed by atoms with E-state index in [4.69, 9.17) is 0 Å². The molecule has 0 aromatic carbocycles. The number of rotatable bonds is 7. The van der Waals surface area contributed by atoms with Crippen molar-refractivity contribution in [1.29, 1.82) is 0 Å². The number of alkyl halides is 3. The first-order chi connectivity index (χ1) is 18.2. The van der Waals surface area contributed by atoms with Gasteiger partial charge in [0.2, 0.25) is 5.95 Å². The molecule has 2 amide bonds. The normalized spacial score (nSPS) is 17.9. The van der Waals surface area contributed by atoms with Crippen molar-refractivity contribution in [2.45, 2.75) is 25.6 Å². The Labute approximate surface area is 219 Å². The number of thioether (sulfide) groups is 1. The highest BCUT2D eigenvalue weighted by Gasteiger charge is 2.32. The number of piperidine rings is 1. The maximum absolute atomic E-state index is 13.4. The second-order valence-corrected chi connectivity index (χ2v) is 9.91. The highest BCUT2D eigenvalue weighted by atomic mass is 32.2. The van der Waals surface area contributed by atoms with Gasteiger partial charge in [0.25, 0.3) is 11.1 Å². The van der Waals surface area contributed by atoms with Crippen molar-refractivity contribution in [3.05, 3.63) is 58.5 Å². The number of H-pyrrole nitrogens is 1. The van der Waals surface area contributed by atoms with Crippen LogP contribution in [0.1, 0.15) is 29.8 Å². The van der Waals surface area contributed by atoms with E-state index in [1.807, 2.05) is 0 Å². The van der Waals surface area contributed by atoms with Gasteiger partial charge < -0.3 is 10.2 Å². The van der Waals surface area contributed by atoms with Crippen molar-refractivity contribution in [2.24, 2.45) is 5.92 Å². The Morgan fingerprint density at radius 3 is 2.63 bits per heavy atom. The van der Waals surface area contributed by atoms with Crippen LogP contribution in [0.5, 0.6) is 0 Å². The van der Waals surface area contributed by atoms with E-state index in [-0.39, 0.29) is 17.1 Å². The van der Waals surface area contributed by atoms with Gasteiger partial charge in [-0.05, 0) is 67.4 Å². The molecule has 0 unspecified atom stereocenters. The van der Waals surface area contributed by atoms with Crippen LogP contribution in [-0.4, -0.2) is 55.9 Å². The molecule has 198 valence electrons. The fourth-order valence-electron chi connectivity index (χ4n) is 4.27. The van der Waals surface area contributed by atoms with E-state index in [9.17, 15) is 22.8 Å². The minimum absolute atomic E-state index is 0.194. The van der Waals surface area contributed by atoms with Gasteiger partial charge in [0.05, 0.1) is 33.2 Å². The third kappa shape index (κ3) is 6.19. The third-order valence-electron chi connectivity index (χ3n) is 6.20. The molecule has 5 heterocycles. The Bertz CT molecular complexity index is 1350.